The topological polar surface area (TPSA) is 44.1 Å². The molecule has 0 unspecified atom stereocenters. The van der Waals surface area contributed by atoms with Crippen LogP contribution >= 0.6 is 15.9 Å². The molecule has 0 saturated heterocycles. The quantitative estimate of drug-likeness (QED) is 0.779. The Bertz CT molecular complexity index is 729. The number of carbonyl (C=O) groups excluding carboxylic acids is 1. The first-order valence-corrected chi connectivity index (χ1v) is 7.56. The number of carbonyl (C=O) groups is 1. The molecule has 0 saturated carbocycles. The third kappa shape index (κ3) is 4.31. The Hall–Kier alpha value is -2.38. The van der Waals surface area contributed by atoms with Gasteiger partial charge < -0.3 is 4.90 Å². The zero-order valence-electron chi connectivity index (χ0n) is 12.2. The highest BCUT2D eigenvalue weighted by Gasteiger charge is 2.06. The van der Waals surface area contributed by atoms with E-state index in [9.17, 15) is 4.79 Å². The van der Waals surface area contributed by atoms with Crippen molar-refractivity contribution in [1.29, 1.82) is 5.26 Å². The largest absolute Gasteiger partial charge is 0.338 e. The first kappa shape index (κ1) is 16.0. The number of benzene rings is 2. The van der Waals surface area contributed by atoms with E-state index in [1.165, 1.54) is 0 Å². The fraction of sp³-hybridized carbons (Fsp3) is 0.111. The average Bonchev–Trinajstić information content (AvgIpc) is 2.54. The van der Waals surface area contributed by atoms with Crippen LogP contribution in [-0.4, -0.2) is 17.9 Å². The van der Waals surface area contributed by atoms with Crippen LogP contribution in [0.5, 0.6) is 0 Å². The monoisotopic (exact) mass is 354 g/mol. The molecule has 22 heavy (non-hydrogen) atoms. The predicted octanol–water partition coefficient (Wildman–Crippen LogP) is 3.99. The van der Waals surface area contributed by atoms with Gasteiger partial charge in [-0.25, -0.2) is 0 Å². The van der Waals surface area contributed by atoms with Crippen LogP contribution in [0.25, 0.3) is 6.08 Å². The maximum absolute atomic E-state index is 12.1. The molecular weight excluding hydrogens is 340 g/mol. The highest BCUT2D eigenvalue weighted by atomic mass is 79.9. The third-order valence-electron chi connectivity index (χ3n) is 3.19. The second kappa shape index (κ2) is 7.58. The van der Waals surface area contributed by atoms with Gasteiger partial charge in [-0.05, 0) is 35.4 Å². The molecule has 0 N–H and O–H groups in total. The molecule has 0 atom stereocenters. The maximum Gasteiger partial charge on any atom is 0.246 e. The van der Waals surface area contributed by atoms with Crippen molar-refractivity contribution in [3.05, 3.63) is 75.8 Å². The van der Waals surface area contributed by atoms with E-state index >= 15 is 0 Å². The molecule has 2 rings (SSSR count). The third-order valence-corrected chi connectivity index (χ3v) is 3.91. The van der Waals surface area contributed by atoms with Gasteiger partial charge in [-0.15, -0.1) is 0 Å². The molecule has 3 nitrogen and oxygen atoms in total. The minimum atomic E-state index is -0.0693. The van der Waals surface area contributed by atoms with E-state index < -0.39 is 0 Å². The second-order valence-corrected chi connectivity index (χ2v) is 5.71. The Morgan fingerprint density at radius 2 is 1.91 bits per heavy atom. The van der Waals surface area contributed by atoms with E-state index in [2.05, 4.69) is 22.0 Å². The lowest BCUT2D eigenvalue weighted by atomic mass is 10.1. The second-order valence-electron chi connectivity index (χ2n) is 4.86. The number of nitrogens with zero attached hydrogens (tertiary/aromatic N) is 2. The molecule has 0 heterocycles. The summed E-state index contributed by atoms with van der Waals surface area (Å²) in [7, 11) is 1.75. The van der Waals surface area contributed by atoms with Crippen molar-refractivity contribution >= 4 is 27.9 Å². The number of nitriles is 1. The van der Waals surface area contributed by atoms with Crippen molar-refractivity contribution in [2.75, 3.05) is 7.05 Å². The summed E-state index contributed by atoms with van der Waals surface area (Å²) < 4.78 is 0.953. The standard InChI is InChI=1S/C18H15BrN2O/c1-21(13-15-8-6-14(12-20)7-9-15)18(22)11-10-16-4-2-3-5-17(16)19/h2-11H,13H2,1H3/b11-10+. The van der Waals surface area contributed by atoms with Crippen molar-refractivity contribution in [1.82, 2.24) is 4.90 Å². The number of hydrogen-bond acceptors (Lipinski definition) is 2. The molecule has 0 radical (unpaired) electrons. The summed E-state index contributed by atoms with van der Waals surface area (Å²) in [6.07, 6.45) is 3.35. The number of hydrogen-bond donors (Lipinski definition) is 0. The van der Waals surface area contributed by atoms with Crippen LogP contribution in [0.4, 0.5) is 0 Å². The highest BCUT2D eigenvalue weighted by molar-refractivity contribution is 9.10. The van der Waals surface area contributed by atoms with Crippen LogP contribution in [0.2, 0.25) is 0 Å². The molecule has 2 aromatic rings. The van der Waals surface area contributed by atoms with E-state index in [1.54, 1.807) is 36.2 Å². The van der Waals surface area contributed by atoms with Gasteiger partial charge in [0.05, 0.1) is 11.6 Å². The van der Waals surface area contributed by atoms with Crippen LogP contribution in [0.15, 0.2) is 59.1 Å². The molecule has 110 valence electrons. The van der Waals surface area contributed by atoms with Gasteiger partial charge in [0.1, 0.15) is 0 Å². The first-order chi connectivity index (χ1) is 10.6. The van der Waals surface area contributed by atoms with Crippen LogP contribution in [0, 0.1) is 11.3 Å². The van der Waals surface area contributed by atoms with Gasteiger partial charge in [-0.1, -0.05) is 46.3 Å². The van der Waals surface area contributed by atoms with Gasteiger partial charge in [0.15, 0.2) is 0 Å². The molecule has 0 spiro atoms. The summed E-state index contributed by atoms with van der Waals surface area (Å²) in [5.41, 5.74) is 2.57. The molecule has 0 fully saturated rings. The van der Waals surface area contributed by atoms with Crippen molar-refractivity contribution < 1.29 is 4.79 Å². The molecule has 0 aliphatic rings. The summed E-state index contributed by atoms with van der Waals surface area (Å²) >= 11 is 3.45. The van der Waals surface area contributed by atoms with Crippen molar-refractivity contribution in [2.24, 2.45) is 0 Å². The van der Waals surface area contributed by atoms with E-state index in [1.807, 2.05) is 36.4 Å². The van der Waals surface area contributed by atoms with E-state index in [0.717, 1.165) is 15.6 Å². The van der Waals surface area contributed by atoms with Gasteiger partial charge >= 0.3 is 0 Å². The van der Waals surface area contributed by atoms with Gasteiger partial charge in [0.25, 0.3) is 0 Å². The molecule has 0 aromatic heterocycles. The number of likely N-dealkylation sites (N-methyl/N-ethyl adjacent to an activating group) is 1. The Labute approximate surface area is 138 Å². The number of amides is 1. The smallest absolute Gasteiger partial charge is 0.246 e. The van der Waals surface area contributed by atoms with Gasteiger partial charge in [-0.2, -0.15) is 5.26 Å². The molecular formula is C18H15BrN2O. The molecule has 1 amide bonds. The van der Waals surface area contributed by atoms with E-state index in [0.29, 0.717) is 12.1 Å². The maximum atomic E-state index is 12.1. The number of halogens is 1. The van der Waals surface area contributed by atoms with Crippen molar-refractivity contribution in [2.45, 2.75) is 6.54 Å². The van der Waals surface area contributed by atoms with Gasteiger partial charge in [0, 0.05) is 24.1 Å². The fourth-order valence-corrected chi connectivity index (χ4v) is 2.35. The normalized spacial score (nSPS) is 10.4. The first-order valence-electron chi connectivity index (χ1n) is 6.77. The van der Waals surface area contributed by atoms with E-state index in [4.69, 9.17) is 5.26 Å². The lowest BCUT2D eigenvalue weighted by Gasteiger charge is -2.15. The number of rotatable bonds is 4. The Kier molecular flexibility index (Phi) is 5.51. The van der Waals surface area contributed by atoms with Crippen molar-refractivity contribution in [3.8, 4) is 6.07 Å². The minimum absolute atomic E-state index is 0.0693. The summed E-state index contributed by atoms with van der Waals surface area (Å²) in [5.74, 6) is -0.0693. The van der Waals surface area contributed by atoms with Gasteiger partial charge in [-0.3, -0.25) is 4.79 Å². The molecule has 0 bridgehead atoms. The summed E-state index contributed by atoms with van der Waals surface area (Å²) in [5, 5.41) is 8.77. The summed E-state index contributed by atoms with van der Waals surface area (Å²) in [6, 6.07) is 17.0. The highest BCUT2D eigenvalue weighted by Crippen LogP contribution is 2.17. The Balaban J connectivity index is 2.00. The molecule has 2 aromatic carbocycles. The molecule has 4 heteroatoms. The van der Waals surface area contributed by atoms with Crippen LogP contribution in [0.1, 0.15) is 16.7 Å². The molecule has 0 aliphatic heterocycles. The predicted molar refractivity (Wildman–Crippen MR) is 90.8 cm³/mol. The van der Waals surface area contributed by atoms with Crippen LogP contribution < -0.4 is 0 Å². The summed E-state index contributed by atoms with van der Waals surface area (Å²) in [4.78, 5) is 13.8. The fourth-order valence-electron chi connectivity index (χ4n) is 1.94. The average molecular weight is 355 g/mol. The van der Waals surface area contributed by atoms with E-state index in [-0.39, 0.29) is 5.91 Å². The van der Waals surface area contributed by atoms with Crippen LogP contribution in [-0.2, 0) is 11.3 Å². The van der Waals surface area contributed by atoms with Gasteiger partial charge in [0.2, 0.25) is 5.91 Å². The Morgan fingerprint density at radius 3 is 2.55 bits per heavy atom. The summed E-state index contributed by atoms with van der Waals surface area (Å²) in [6.45, 7) is 0.505. The minimum Gasteiger partial charge on any atom is -0.338 e. The Morgan fingerprint density at radius 1 is 1.23 bits per heavy atom. The lowest BCUT2D eigenvalue weighted by molar-refractivity contribution is -0.125. The lowest BCUT2D eigenvalue weighted by Crippen LogP contribution is -2.24. The zero-order chi connectivity index (χ0) is 15.9. The molecule has 0 aliphatic carbocycles. The van der Waals surface area contributed by atoms with Crippen LogP contribution in [0.3, 0.4) is 0 Å². The van der Waals surface area contributed by atoms with Crippen molar-refractivity contribution in [3.63, 3.8) is 0 Å². The zero-order valence-corrected chi connectivity index (χ0v) is 13.7. The SMILES string of the molecule is CN(Cc1ccc(C#N)cc1)C(=O)/C=C/c1ccccc1Br.